The van der Waals surface area contributed by atoms with E-state index in [0.29, 0.717) is 37.4 Å². The van der Waals surface area contributed by atoms with Crippen LogP contribution in [0.15, 0.2) is 18.2 Å². The highest BCUT2D eigenvalue weighted by atomic mass is 16.6. The van der Waals surface area contributed by atoms with Crippen molar-refractivity contribution >= 4 is 23.7 Å². The Morgan fingerprint density at radius 1 is 1.11 bits per heavy atom. The Kier molecular flexibility index (Phi) is 7.01. The molecule has 0 atom stereocenters. The van der Waals surface area contributed by atoms with E-state index in [4.69, 9.17) is 9.47 Å². The summed E-state index contributed by atoms with van der Waals surface area (Å²) < 4.78 is 10.1. The second-order valence-electron chi connectivity index (χ2n) is 7.81. The van der Waals surface area contributed by atoms with E-state index >= 15 is 0 Å². The minimum Gasteiger partial charge on any atom is -0.465 e. The normalized spacial score (nSPS) is 15.1. The molecule has 0 spiro atoms. The molecule has 1 heterocycles. The minimum absolute atomic E-state index is 0.171. The van der Waals surface area contributed by atoms with Crippen LogP contribution in [0.2, 0.25) is 0 Å². The third-order valence-corrected chi connectivity index (χ3v) is 4.32. The first-order valence-corrected chi connectivity index (χ1v) is 9.28. The lowest BCUT2D eigenvalue weighted by atomic mass is 10.1. The summed E-state index contributed by atoms with van der Waals surface area (Å²) in [6, 6.07) is 5.04. The number of piperazine rings is 1. The lowest BCUT2D eigenvalue weighted by Crippen LogP contribution is -2.51. The predicted octanol–water partition coefficient (Wildman–Crippen LogP) is 2.27. The first-order chi connectivity index (χ1) is 13.1. The number of ether oxygens (including phenoxy) is 2. The second-order valence-corrected chi connectivity index (χ2v) is 7.81. The molecule has 2 amide bonds. The van der Waals surface area contributed by atoms with Gasteiger partial charge < -0.3 is 19.7 Å². The van der Waals surface area contributed by atoms with Crippen molar-refractivity contribution in [2.75, 3.05) is 45.2 Å². The molecule has 0 aromatic heterocycles. The monoisotopic (exact) mass is 391 g/mol. The fraction of sp³-hybridized carbons (Fsp3) is 0.550. The SMILES string of the molecule is COC(=O)c1ccc(C)c(NC(=O)CN2CCN(C(=O)OC(C)(C)C)CC2)c1. The van der Waals surface area contributed by atoms with Gasteiger partial charge in [0, 0.05) is 31.9 Å². The number of aryl methyl sites for hydroxylation is 1. The molecule has 0 radical (unpaired) electrons. The standard InChI is InChI=1S/C20H29N3O5/c1-14-6-7-15(18(25)27-5)12-16(14)21-17(24)13-22-8-10-23(11-9-22)19(26)28-20(2,3)4/h6-7,12H,8-11,13H2,1-5H3,(H,21,24). The van der Waals surface area contributed by atoms with Crippen molar-refractivity contribution in [3.05, 3.63) is 29.3 Å². The Morgan fingerprint density at radius 3 is 2.32 bits per heavy atom. The maximum absolute atomic E-state index is 12.4. The number of esters is 1. The van der Waals surface area contributed by atoms with Crippen molar-refractivity contribution in [2.24, 2.45) is 0 Å². The Morgan fingerprint density at radius 2 is 1.75 bits per heavy atom. The van der Waals surface area contributed by atoms with Gasteiger partial charge in [0.15, 0.2) is 0 Å². The number of carbonyl (C=O) groups excluding carboxylic acids is 3. The third-order valence-electron chi connectivity index (χ3n) is 4.32. The topological polar surface area (TPSA) is 88.2 Å². The van der Waals surface area contributed by atoms with E-state index in [9.17, 15) is 14.4 Å². The number of carbonyl (C=O) groups is 3. The van der Waals surface area contributed by atoms with Crippen molar-refractivity contribution in [2.45, 2.75) is 33.3 Å². The van der Waals surface area contributed by atoms with E-state index in [0.717, 1.165) is 5.56 Å². The molecule has 1 N–H and O–H groups in total. The molecule has 154 valence electrons. The van der Waals surface area contributed by atoms with Gasteiger partial charge in [-0.1, -0.05) is 6.07 Å². The highest BCUT2D eigenvalue weighted by molar-refractivity contribution is 5.96. The number of benzene rings is 1. The molecule has 0 aliphatic carbocycles. The first kappa shape index (κ1) is 21.7. The summed E-state index contributed by atoms with van der Waals surface area (Å²) in [5.74, 6) is -0.621. The van der Waals surface area contributed by atoms with Crippen LogP contribution in [0, 0.1) is 6.92 Å². The van der Waals surface area contributed by atoms with Gasteiger partial charge in [-0.15, -0.1) is 0 Å². The van der Waals surface area contributed by atoms with Crippen LogP contribution in [0.1, 0.15) is 36.7 Å². The summed E-state index contributed by atoms with van der Waals surface area (Å²) >= 11 is 0. The molecule has 0 saturated carbocycles. The molecule has 0 unspecified atom stereocenters. The number of methoxy groups -OCH3 is 1. The van der Waals surface area contributed by atoms with Gasteiger partial charge in [-0.2, -0.15) is 0 Å². The molecule has 1 aromatic carbocycles. The highest BCUT2D eigenvalue weighted by Crippen LogP contribution is 2.18. The molecule has 8 nitrogen and oxygen atoms in total. The van der Waals surface area contributed by atoms with Crippen LogP contribution in [0.4, 0.5) is 10.5 Å². The zero-order valence-electron chi connectivity index (χ0n) is 17.2. The largest absolute Gasteiger partial charge is 0.465 e. The Hall–Kier alpha value is -2.61. The van der Waals surface area contributed by atoms with Crippen LogP contribution in [-0.4, -0.2) is 73.2 Å². The summed E-state index contributed by atoms with van der Waals surface area (Å²) in [4.78, 5) is 39.8. The summed E-state index contributed by atoms with van der Waals surface area (Å²) in [5.41, 5.74) is 1.30. The van der Waals surface area contributed by atoms with Gasteiger partial charge in [-0.05, 0) is 45.4 Å². The maximum atomic E-state index is 12.4. The molecular formula is C20H29N3O5. The predicted molar refractivity (Wildman–Crippen MR) is 105 cm³/mol. The number of amides is 2. The van der Waals surface area contributed by atoms with Gasteiger partial charge in [0.25, 0.3) is 0 Å². The Bertz CT molecular complexity index is 734. The van der Waals surface area contributed by atoms with Gasteiger partial charge in [-0.3, -0.25) is 9.69 Å². The second kappa shape index (κ2) is 9.05. The van der Waals surface area contributed by atoms with Crippen LogP contribution in [-0.2, 0) is 14.3 Å². The molecule has 28 heavy (non-hydrogen) atoms. The molecule has 1 aliphatic heterocycles. The number of rotatable bonds is 4. The van der Waals surface area contributed by atoms with Crippen molar-refractivity contribution in [1.29, 1.82) is 0 Å². The van der Waals surface area contributed by atoms with E-state index in [1.54, 1.807) is 23.1 Å². The molecule has 1 aromatic rings. The van der Waals surface area contributed by atoms with Gasteiger partial charge in [0.05, 0.1) is 19.2 Å². The molecule has 8 heteroatoms. The van der Waals surface area contributed by atoms with E-state index in [1.165, 1.54) is 7.11 Å². The summed E-state index contributed by atoms with van der Waals surface area (Å²) in [7, 11) is 1.32. The summed E-state index contributed by atoms with van der Waals surface area (Å²) in [6.07, 6.45) is -0.327. The van der Waals surface area contributed by atoms with Gasteiger partial charge >= 0.3 is 12.1 Å². The number of hydrogen-bond donors (Lipinski definition) is 1. The van der Waals surface area contributed by atoms with Crippen LogP contribution in [0.3, 0.4) is 0 Å². The van der Waals surface area contributed by atoms with Gasteiger partial charge in [-0.25, -0.2) is 9.59 Å². The van der Waals surface area contributed by atoms with Gasteiger partial charge in [0.1, 0.15) is 5.60 Å². The lowest BCUT2D eigenvalue weighted by molar-refractivity contribution is -0.117. The summed E-state index contributed by atoms with van der Waals surface area (Å²) in [5, 5.41) is 2.85. The molecule has 1 fully saturated rings. The van der Waals surface area contributed by atoms with Crippen LogP contribution >= 0.6 is 0 Å². The zero-order chi connectivity index (χ0) is 20.9. The van der Waals surface area contributed by atoms with Gasteiger partial charge in [0.2, 0.25) is 5.91 Å². The molecular weight excluding hydrogens is 362 g/mol. The fourth-order valence-corrected chi connectivity index (χ4v) is 2.81. The van der Waals surface area contributed by atoms with Crippen molar-refractivity contribution in [1.82, 2.24) is 9.80 Å². The number of hydrogen-bond acceptors (Lipinski definition) is 6. The van der Waals surface area contributed by atoms with E-state index < -0.39 is 11.6 Å². The van der Waals surface area contributed by atoms with E-state index in [1.807, 2.05) is 32.6 Å². The zero-order valence-corrected chi connectivity index (χ0v) is 17.2. The molecule has 1 aliphatic rings. The average Bonchev–Trinajstić information content (AvgIpc) is 2.62. The summed E-state index contributed by atoms with van der Waals surface area (Å²) in [6.45, 7) is 9.79. The number of nitrogens with zero attached hydrogens (tertiary/aromatic N) is 2. The molecule has 2 rings (SSSR count). The van der Waals surface area contributed by atoms with Crippen molar-refractivity contribution < 1.29 is 23.9 Å². The highest BCUT2D eigenvalue weighted by Gasteiger charge is 2.26. The van der Waals surface area contributed by atoms with Crippen LogP contribution < -0.4 is 5.32 Å². The van der Waals surface area contributed by atoms with Crippen molar-refractivity contribution in [3.63, 3.8) is 0 Å². The average molecular weight is 391 g/mol. The van der Waals surface area contributed by atoms with Crippen LogP contribution in [0.25, 0.3) is 0 Å². The maximum Gasteiger partial charge on any atom is 0.410 e. The smallest absolute Gasteiger partial charge is 0.410 e. The first-order valence-electron chi connectivity index (χ1n) is 9.28. The Labute approximate surface area is 165 Å². The number of anilines is 1. The third kappa shape index (κ3) is 6.23. The van der Waals surface area contributed by atoms with Crippen LogP contribution in [0.5, 0.6) is 0 Å². The van der Waals surface area contributed by atoms with E-state index in [2.05, 4.69) is 5.32 Å². The molecule has 1 saturated heterocycles. The fourth-order valence-electron chi connectivity index (χ4n) is 2.81. The molecule has 0 bridgehead atoms. The van der Waals surface area contributed by atoms with Crippen molar-refractivity contribution in [3.8, 4) is 0 Å². The Balaban J connectivity index is 1.87. The quantitative estimate of drug-likeness (QED) is 0.792. The number of nitrogens with one attached hydrogen (secondary N) is 1. The minimum atomic E-state index is -0.523. The van der Waals surface area contributed by atoms with E-state index in [-0.39, 0.29) is 18.5 Å². The lowest BCUT2D eigenvalue weighted by Gasteiger charge is -2.35.